The van der Waals surface area contributed by atoms with E-state index in [2.05, 4.69) is 10.6 Å². The molecule has 8 rings (SSSR count). The fourth-order valence-corrected chi connectivity index (χ4v) is 9.34. The lowest BCUT2D eigenvalue weighted by atomic mass is 9.49. The van der Waals surface area contributed by atoms with Crippen molar-refractivity contribution in [2.24, 2.45) is 40.9 Å². The van der Waals surface area contributed by atoms with Crippen LogP contribution < -0.4 is 10.6 Å². The minimum atomic E-state index is -0.143. The van der Waals surface area contributed by atoms with Crippen molar-refractivity contribution in [1.82, 2.24) is 10.6 Å². The van der Waals surface area contributed by atoms with Gasteiger partial charge in [0.05, 0.1) is 6.54 Å². The minimum Gasteiger partial charge on any atom is -0.349 e. The summed E-state index contributed by atoms with van der Waals surface area (Å²) in [6, 6.07) is 0. The first-order chi connectivity index (χ1) is 13.0. The maximum Gasteiger partial charge on any atom is 0.239 e. The van der Waals surface area contributed by atoms with Crippen LogP contribution in [0.15, 0.2) is 0 Å². The molecule has 0 spiro atoms. The van der Waals surface area contributed by atoms with E-state index in [-0.39, 0.29) is 29.3 Å². The van der Waals surface area contributed by atoms with Crippen LogP contribution in [0.3, 0.4) is 0 Å². The van der Waals surface area contributed by atoms with Crippen molar-refractivity contribution in [2.45, 2.75) is 82.6 Å². The lowest BCUT2D eigenvalue weighted by Gasteiger charge is -2.57. The number of carbonyl (C=O) groups excluding carboxylic acids is 2. The van der Waals surface area contributed by atoms with Gasteiger partial charge in [-0.2, -0.15) is 0 Å². The second-order valence-corrected chi connectivity index (χ2v) is 11.6. The van der Waals surface area contributed by atoms with E-state index < -0.39 is 0 Å². The third-order valence-corrected chi connectivity index (χ3v) is 9.37. The summed E-state index contributed by atoms with van der Waals surface area (Å²) in [5.74, 6) is 5.03. The van der Waals surface area contributed by atoms with E-state index in [1.807, 2.05) is 0 Å². The van der Waals surface area contributed by atoms with Crippen molar-refractivity contribution in [2.75, 3.05) is 6.54 Å². The van der Waals surface area contributed by atoms with Gasteiger partial charge in [0.15, 0.2) is 0 Å². The molecule has 0 aliphatic heterocycles. The smallest absolute Gasteiger partial charge is 0.239 e. The van der Waals surface area contributed by atoms with Gasteiger partial charge in [-0.1, -0.05) is 0 Å². The maximum atomic E-state index is 13.1. The highest BCUT2D eigenvalue weighted by molar-refractivity contribution is 5.88. The van der Waals surface area contributed by atoms with E-state index in [0.29, 0.717) is 0 Å². The standard InChI is InChI=1S/C23H34N2O2/c26-20(25-23-10-17-4-18(11-23)6-19(5-17)12-23)13-24-21(27)22-7-14-1-15(8-22)3-16(2-14)9-22/h14-19H,1-13H2,(H,24,27)(H,25,26). The topological polar surface area (TPSA) is 58.2 Å². The largest absolute Gasteiger partial charge is 0.349 e. The molecule has 4 nitrogen and oxygen atoms in total. The van der Waals surface area contributed by atoms with Gasteiger partial charge in [-0.25, -0.2) is 0 Å². The number of hydrogen-bond donors (Lipinski definition) is 2. The van der Waals surface area contributed by atoms with Crippen LogP contribution in [-0.2, 0) is 9.59 Å². The predicted molar refractivity (Wildman–Crippen MR) is 103 cm³/mol. The number of amides is 2. The molecule has 8 aliphatic carbocycles. The fourth-order valence-electron chi connectivity index (χ4n) is 9.34. The summed E-state index contributed by atoms with van der Waals surface area (Å²) in [7, 11) is 0. The minimum absolute atomic E-state index is 0.0510. The van der Waals surface area contributed by atoms with Gasteiger partial charge in [0.25, 0.3) is 0 Å². The van der Waals surface area contributed by atoms with Crippen molar-refractivity contribution in [3.05, 3.63) is 0 Å². The molecule has 8 aliphatic rings. The summed E-state index contributed by atoms with van der Waals surface area (Å²) in [6.45, 7) is 0.183. The first kappa shape index (κ1) is 16.9. The van der Waals surface area contributed by atoms with Crippen LogP contribution in [-0.4, -0.2) is 23.9 Å². The molecule has 0 saturated heterocycles. The summed E-state index contributed by atoms with van der Waals surface area (Å²) in [4.78, 5) is 25.8. The molecule has 0 radical (unpaired) electrons. The highest BCUT2D eigenvalue weighted by atomic mass is 16.2. The Hall–Kier alpha value is -1.06. The van der Waals surface area contributed by atoms with Crippen molar-refractivity contribution in [1.29, 1.82) is 0 Å². The summed E-state index contributed by atoms with van der Waals surface area (Å²) in [5.41, 5.74) is -0.0903. The fraction of sp³-hybridized carbons (Fsp3) is 0.913. The molecule has 0 heterocycles. The Bertz CT molecular complexity index is 599. The molecule has 4 heteroatoms. The number of carbonyl (C=O) groups is 2. The van der Waals surface area contributed by atoms with Crippen molar-refractivity contribution in [3.63, 3.8) is 0 Å². The maximum absolute atomic E-state index is 13.1. The van der Waals surface area contributed by atoms with Gasteiger partial charge in [-0.05, 0) is 113 Å². The van der Waals surface area contributed by atoms with Crippen LogP contribution in [0.25, 0.3) is 0 Å². The monoisotopic (exact) mass is 370 g/mol. The van der Waals surface area contributed by atoms with E-state index in [0.717, 1.165) is 54.8 Å². The van der Waals surface area contributed by atoms with Crippen molar-refractivity contribution >= 4 is 11.8 Å². The molecule has 8 fully saturated rings. The molecular formula is C23H34N2O2. The van der Waals surface area contributed by atoms with E-state index in [1.165, 1.54) is 57.8 Å². The SMILES string of the molecule is O=C(CNC(=O)C12CC3CC(CC(C3)C1)C2)NC12CC3CC(CC(C3)C1)C2. The molecule has 0 unspecified atom stereocenters. The molecule has 8 bridgehead atoms. The van der Waals surface area contributed by atoms with Crippen LogP contribution in [0.5, 0.6) is 0 Å². The van der Waals surface area contributed by atoms with Crippen LogP contribution in [0.4, 0.5) is 0 Å². The summed E-state index contributed by atoms with van der Waals surface area (Å²) in [5, 5.41) is 6.47. The lowest BCUT2D eigenvalue weighted by molar-refractivity contribution is -0.147. The molecule has 8 saturated carbocycles. The third kappa shape index (κ3) is 2.76. The zero-order valence-electron chi connectivity index (χ0n) is 16.5. The van der Waals surface area contributed by atoms with Crippen LogP contribution >= 0.6 is 0 Å². The Morgan fingerprint density at radius 3 is 1.52 bits per heavy atom. The average Bonchev–Trinajstić information content (AvgIpc) is 2.56. The first-order valence-corrected chi connectivity index (χ1v) is 11.6. The Morgan fingerprint density at radius 2 is 1.07 bits per heavy atom. The van der Waals surface area contributed by atoms with Crippen molar-refractivity contribution < 1.29 is 9.59 Å². The number of rotatable bonds is 4. The molecule has 0 aromatic rings. The molecule has 2 N–H and O–H groups in total. The molecule has 0 atom stereocenters. The quantitative estimate of drug-likeness (QED) is 0.797. The summed E-state index contributed by atoms with van der Waals surface area (Å²) in [6.07, 6.45) is 14.9. The molecule has 0 aromatic heterocycles. The Morgan fingerprint density at radius 1 is 0.667 bits per heavy atom. The second-order valence-electron chi connectivity index (χ2n) is 11.6. The van der Waals surface area contributed by atoms with Gasteiger partial charge < -0.3 is 10.6 Å². The Kier molecular flexibility index (Phi) is 3.58. The Balaban J connectivity index is 1.08. The first-order valence-electron chi connectivity index (χ1n) is 11.6. The van der Waals surface area contributed by atoms with Gasteiger partial charge in [0.2, 0.25) is 11.8 Å². The van der Waals surface area contributed by atoms with Crippen molar-refractivity contribution in [3.8, 4) is 0 Å². The molecule has 27 heavy (non-hydrogen) atoms. The van der Waals surface area contributed by atoms with Gasteiger partial charge in [-0.15, -0.1) is 0 Å². The third-order valence-electron chi connectivity index (χ3n) is 9.37. The number of hydrogen-bond acceptors (Lipinski definition) is 2. The molecule has 148 valence electrons. The van der Waals surface area contributed by atoms with E-state index >= 15 is 0 Å². The van der Waals surface area contributed by atoms with Crippen LogP contribution in [0.1, 0.15) is 77.0 Å². The van der Waals surface area contributed by atoms with Gasteiger partial charge >= 0.3 is 0 Å². The van der Waals surface area contributed by atoms with Gasteiger partial charge in [0.1, 0.15) is 0 Å². The lowest BCUT2D eigenvalue weighted by Crippen LogP contribution is -2.61. The zero-order chi connectivity index (χ0) is 18.2. The predicted octanol–water partition coefficient (Wildman–Crippen LogP) is 3.40. The van der Waals surface area contributed by atoms with Gasteiger partial charge in [-0.3, -0.25) is 9.59 Å². The second kappa shape index (κ2) is 5.73. The molecular weight excluding hydrogens is 336 g/mol. The summed E-state index contributed by atoms with van der Waals surface area (Å²) < 4.78 is 0. The van der Waals surface area contributed by atoms with Crippen LogP contribution in [0.2, 0.25) is 0 Å². The van der Waals surface area contributed by atoms with E-state index in [1.54, 1.807) is 0 Å². The molecule has 2 amide bonds. The highest BCUT2D eigenvalue weighted by Gasteiger charge is 2.55. The normalized spacial score (nSPS) is 51.4. The molecule has 0 aromatic carbocycles. The van der Waals surface area contributed by atoms with Crippen LogP contribution in [0, 0.1) is 40.9 Å². The average molecular weight is 371 g/mol. The van der Waals surface area contributed by atoms with E-state index in [4.69, 9.17) is 0 Å². The van der Waals surface area contributed by atoms with E-state index in [9.17, 15) is 9.59 Å². The summed E-state index contributed by atoms with van der Waals surface area (Å²) >= 11 is 0. The number of nitrogens with one attached hydrogen (secondary N) is 2. The highest BCUT2D eigenvalue weighted by Crippen LogP contribution is 2.60. The zero-order valence-corrected chi connectivity index (χ0v) is 16.5. The van der Waals surface area contributed by atoms with Gasteiger partial charge in [0, 0.05) is 11.0 Å². The Labute approximate surface area is 162 Å².